The molecule has 0 aliphatic carbocycles. The summed E-state index contributed by atoms with van der Waals surface area (Å²) in [6, 6.07) is 1.10. The summed E-state index contributed by atoms with van der Waals surface area (Å²) in [6.45, 7) is 5.30. The van der Waals surface area contributed by atoms with Crippen molar-refractivity contribution in [1.29, 1.82) is 0 Å². The van der Waals surface area contributed by atoms with Crippen molar-refractivity contribution in [2.24, 2.45) is 0 Å². The summed E-state index contributed by atoms with van der Waals surface area (Å²) in [7, 11) is -2.30. The number of sulfonamides is 1. The number of likely N-dealkylation sites (N-methyl/N-ethyl adjacent to an activating group) is 1. The van der Waals surface area contributed by atoms with Gasteiger partial charge in [0.05, 0.1) is 12.8 Å². The Morgan fingerprint density at radius 2 is 1.85 bits per heavy atom. The van der Waals surface area contributed by atoms with Crippen molar-refractivity contribution in [3.05, 3.63) is 17.8 Å². The molecule has 0 bridgehead atoms. The van der Waals surface area contributed by atoms with Gasteiger partial charge in [-0.2, -0.15) is 4.31 Å². The highest BCUT2D eigenvalue weighted by atomic mass is 35.5. The highest BCUT2D eigenvalue weighted by Gasteiger charge is 2.30. The van der Waals surface area contributed by atoms with E-state index >= 15 is 0 Å². The van der Waals surface area contributed by atoms with Gasteiger partial charge in [0.1, 0.15) is 17.1 Å². The van der Waals surface area contributed by atoms with Crippen LogP contribution >= 0.6 is 24.8 Å². The first-order chi connectivity index (χ1) is 11.9. The third kappa shape index (κ3) is 6.44. The maximum Gasteiger partial charge on any atom is 0.341 e. The fourth-order valence-electron chi connectivity index (χ4n) is 2.50. The van der Waals surface area contributed by atoms with Gasteiger partial charge in [-0.05, 0) is 12.6 Å². The SMILES string of the molecule is CCN1CCN(S(=O)(=O)c2cnc(OCCOC)c(C(=O)O)c2)CC1.Cl.Cl. The standard InChI is InChI=1S/C15H23N3O6S.2ClH/c1-3-17-4-6-18(7-5-17)25(21,22)12-10-13(15(19)20)14(16-11-12)24-9-8-23-2;;/h10-11H,3-9H2,1-2H3,(H,19,20);2*1H. The summed E-state index contributed by atoms with van der Waals surface area (Å²) in [5.74, 6) is -1.42. The molecule has 0 aromatic carbocycles. The number of methoxy groups -OCH3 is 1. The molecule has 2 heterocycles. The lowest BCUT2D eigenvalue weighted by Gasteiger charge is -2.33. The highest BCUT2D eigenvalue weighted by Crippen LogP contribution is 2.23. The Morgan fingerprint density at radius 3 is 2.37 bits per heavy atom. The number of hydrogen-bond acceptors (Lipinski definition) is 7. The second-order valence-corrected chi connectivity index (χ2v) is 7.45. The number of piperazine rings is 1. The molecular formula is C15H25Cl2N3O6S. The number of pyridine rings is 1. The Bertz CT molecular complexity index is 712. The van der Waals surface area contributed by atoms with Crippen molar-refractivity contribution in [2.45, 2.75) is 11.8 Å². The first-order valence-electron chi connectivity index (χ1n) is 7.97. The quantitative estimate of drug-likeness (QED) is 0.589. The van der Waals surface area contributed by atoms with Crippen molar-refractivity contribution < 1.29 is 27.8 Å². The van der Waals surface area contributed by atoms with Crippen molar-refractivity contribution in [3.8, 4) is 5.88 Å². The van der Waals surface area contributed by atoms with E-state index in [1.807, 2.05) is 6.92 Å². The number of rotatable bonds is 8. The minimum atomic E-state index is -3.79. The molecule has 156 valence electrons. The van der Waals surface area contributed by atoms with Crippen LogP contribution in [0.25, 0.3) is 0 Å². The van der Waals surface area contributed by atoms with Crippen LogP contribution in [-0.2, 0) is 14.8 Å². The number of carbonyl (C=O) groups is 1. The van der Waals surface area contributed by atoms with Gasteiger partial charge in [-0.25, -0.2) is 18.2 Å². The van der Waals surface area contributed by atoms with Crippen molar-refractivity contribution in [1.82, 2.24) is 14.2 Å². The molecule has 1 aromatic rings. The van der Waals surface area contributed by atoms with Gasteiger partial charge in [0.2, 0.25) is 15.9 Å². The largest absolute Gasteiger partial charge is 0.477 e. The van der Waals surface area contributed by atoms with E-state index in [-0.39, 0.29) is 54.4 Å². The van der Waals surface area contributed by atoms with Gasteiger partial charge in [-0.3, -0.25) is 0 Å². The molecule has 12 heteroatoms. The zero-order chi connectivity index (χ0) is 18.4. The average molecular weight is 446 g/mol. The molecule has 0 radical (unpaired) electrons. The molecule has 9 nitrogen and oxygen atoms in total. The van der Waals surface area contributed by atoms with Crippen molar-refractivity contribution >= 4 is 40.8 Å². The molecule has 1 fully saturated rings. The van der Waals surface area contributed by atoms with Crippen LogP contribution in [0.5, 0.6) is 5.88 Å². The predicted molar refractivity (Wildman–Crippen MR) is 104 cm³/mol. The number of aromatic nitrogens is 1. The Hall–Kier alpha value is -1.17. The van der Waals surface area contributed by atoms with Gasteiger partial charge in [0, 0.05) is 33.3 Å². The highest BCUT2D eigenvalue weighted by molar-refractivity contribution is 7.89. The van der Waals surface area contributed by atoms with E-state index in [0.717, 1.165) is 18.8 Å². The van der Waals surface area contributed by atoms with E-state index in [9.17, 15) is 18.3 Å². The van der Waals surface area contributed by atoms with E-state index in [0.29, 0.717) is 26.2 Å². The molecule has 1 N–H and O–H groups in total. The lowest BCUT2D eigenvalue weighted by molar-refractivity contribution is 0.0687. The molecular weight excluding hydrogens is 421 g/mol. The van der Waals surface area contributed by atoms with Gasteiger partial charge >= 0.3 is 5.97 Å². The smallest absolute Gasteiger partial charge is 0.341 e. The molecule has 2 rings (SSSR count). The molecule has 1 aromatic heterocycles. The van der Waals surface area contributed by atoms with E-state index in [4.69, 9.17) is 9.47 Å². The van der Waals surface area contributed by atoms with Gasteiger partial charge in [-0.15, -0.1) is 24.8 Å². The van der Waals surface area contributed by atoms with Gasteiger partial charge in [0.15, 0.2) is 0 Å². The summed E-state index contributed by atoms with van der Waals surface area (Å²) in [4.78, 5) is 17.3. The molecule has 0 unspecified atom stereocenters. The van der Waals surface area contributed by atoms with Gasteiger partial charge in [-0.1, -0.05) is 6.92 Å². The van der Waals surface area contributed by atoms with Crippen LogP contribution in [0.1, 0.15) is 17.3 Å². The Labute approximate surface area is 171 Å². The number of nitrogens with zero attached hydrogens (tertiary/aromatic N) is 3. The first-order valence-corrected chi connectivity index (χ1v) is 9.41. The summed E-state index contributed by atoms with van der Waals surface area (Å²) in [6.07, 6.45) is 1.14. The topological polar surface area (TPSA) is 109 Å². The molecule has 1 aliphatic rings. The lowest BCUT2D eigenvalue weighted by Crippen LogP contribution is -2.48. The molecule has 0 atom stereocenters. The third-order valence-electron chi connectivity index (χ3n) is 4.00. The number of carboxylic acid groups (broad SMARTS) is 1. The Balaban J connectivity index is 0.00000338. The fourth-order valence-corrected chi connectivity index (χ4v) is 3.89. The average Bonchev–Trinajstić information content (AvgIpc) is 2.62. The maximum atomic E-state index is 12.7. The minimum Gasteiger partial charge on any atom is -0.477 e. The summed E-state index contributed by atoms with van der Waals surface area (Å²) < 4.78 is 36.9. The first kappa shape index (κ1) is 25.8. The van der Waals surface area contributed by atoms with Crippen LogP contribution in [0.4, 0.5) is 0 Å². The second-order valence-electron chi connectivity index (χ2n) is 5.51. The number of hydrogen-bond donors (Lipinski definition) is 1. The van der Waals surface area contributed by atoms with Gasteiger partial charge < -0.3 is 19.5 Å². The second kappa shape index (κ2) is 11.6. The number of halogens is 2. The predicted octanol–water partition coefficient (Wildman–Crippen LogP) is 0.975. The van der Waals surface area contributed by atoms with Gasteiger partial charge in [0.25, 0.3) is 0 Å². The van der Waals surface area contributed by atoms with Crippen molar-refractivity contribution in [2.75, 3.05) is 53.0 Å². The van der Waals surface area contributed by atoms with E-state index in [2.05, 4.69) is 9.88 Å². The normalized spacial score (nSPS) is 15.5. The summed E-state index contributed by atoms with van der Waals surface area (Å²) in [5, 5.41) is 9.32. The maximum absolute atomic E-state index is 12.7. The van der Waals surface area contributed by atoms with Crippen LogP contribution < -0.4 is 4.74 Å². The van der Waals surface area contributed by atoms with Crippen LogP contribution in [0.3, 0.4) is 0 Å². The van der Waals surface area contributed by atoms with E-state index in [1.54, 1.807) is 0 Å². The minimum absolute atomic E-state index is 0. The third-order valence-corrected chi connectivity index (χ3v) is 5.86. The Kier molecular flexibility index (Phi) is 11.1. The molecule has 1 aliphatic heterocycles. The Morgan fingerprint density at radius 1 is 1.22 bits per heavy atom. The van der Waals surface area contributed by atoms with Crippen LogP contribution in [0.2, 0.25) is 0 Å². The van der Waals surface area contributed by atoms with Crippen LogP contribution in [0, 0.1) is 0 Å². The molecule has 27 heavy (non-hydrogen) atoms. The van der Waals surface area contributed by atoms with Crippen molar-refractivity contribution in [3.63, 3.8) is 0 Å². The van der Waals surface area contributed by atoms with E-state index in [1.165, 1.54) is 11.4 Å². The zero-order valence-electron chi connectivity index (χ0n) is 15.2. The molecule has 1 saturated heterocycles. The number of carboxylic acids is 1. The van der Waals surface area contributed by atoms with Crippen LogP contribution in [0.15, 0.2) is 17.2 Å². The van der Waals surface area contributed by atoms with E-state index < -0.39 is 16.0 Å². The fraction of sp³-hybridized carbons (Fsp3) is 0.600. The lowest BCUT2D eigenvalue weighted by atomic mass is 10.3. The molecule has 0 amide bonds. The number of ether oxygens (including phenoxy) is 2. The molecule has 0 saturated carbocycles. The monoisotopic (exact) mass is 445 g/mol. The molecule has 0 spiro atoms. The number of aromatic carboxylic acids is 1. The van der Waals surface area contributed by atoms with Crippen LogP contribution in [-0.4, -0.2) is 86.7 Å². The summed E-state index contributed by atoms with van der Waals surface area (Å²) >= 11 is 0. The zero-order valence-corrected chi connectivity index (χ0v) is 17.6. The summed E-state index contributed by atoms with van der Waals surface area (Å²) in [5.41, 5.74) is -0.288.